The lowest BCUT2D eigenvalue weighted by Crippen LogP contribution is -2.64. The monoisotopic (exact) mass is 494 g/mol. The number of rotatable bonds is 9. The van der Waals surface area contributed by atoms with Gasteiger partial charge in [-0.05, 0) is 74.1 Å². The van der Waals surface area contributed by atoms with E-state index in [9.17, 15) is 22.8 Å². The zero-order chi connectivity index (χ0) is 24.6. The third-order valence-corrected chi connectivity index (χ3v) is 6.50. The summed E-state index contributed by atoms with van der Waals surface area (Å²) < 4.78 is 45.0. The fourth-order valence-corrected chi connectivity index (χ4v) is 4.12. The van der Waals surface area contributed by atoms with E-state index < -0.39 is 28.8 Å². The van der Waals surface area contributed by atoms with Gasteiger partial charge < -0.3 is 15.4 Å². The van der Waals surface area contributed by atoms with Crippen LogP contribution in [0.15, 0.2) is 48.5 Å². The highest BCUT2D eigenvalue weighted by atomic mass is 35.5. The molecule has 0 radical (unpaired) electrons. The Kier molecular flexibility index (Phi) is 6.55. The molecule has 0 bridgehead atoms. The van der Waals surface area contributed by atoms with Crippen LogP contribution in [0.4, 0.5) is 13.2 Å². The Morgan fingerprint density at radius 1 is 1.06 bits per heavy atom. The lowest BCUT2D eigenvalue weighted by molar-refractivity contribution is -0.148. The molecular formula is C25H26ClF3N2O3. The first-order chi connectivity index (χ1) is 16.1. The van der Waals surface area contributed by atoms with Crippen molar-refractivity contribution < 1.29 is 27.5 Å². The SMILES string of the molecule is CCCC(NC(=O)C1(c2ccc(Cl)cc2)CC1)(Oc1ccc(C(F)(F)F)cc1)C(=O)NC1CC1. The van der Waals surface area contributed by atoms with Crippen LogP contribution in [0.1, 0.15) is 56.6 Å². The first kappa shape index (κ1) is 24.4. The molecule has 9 heteroatoms. The van der Waals surface area contributed by atoms with Gasteiger partial charge in [0.05, 0.1) is 11.0 Å². The van der Waals surface area contributed by atoms with Crippen LogP contribution >= 0.6 is 11.6 Å². The standard InChI is InChI=1S/C25H26ClF3N2O3/c1-2-13-24(22(33)30-19-9-10-19,34-20-11-5-17(6-12-20)25(27,28)29)31-21(32)23(14-15-23)16-3-7-18(26)8-4-16/h3-8,11-12,19H,2,9-10,13-15H2,1H3,(H,30,33)(H,31,32). The predicted molar refractivity (Wildman–Crippen MR) is 121 cm³/mol. The number of halogens is 4. The quantitative estimate of drug-likeness (QED) is 0.461. The van der Waals surface area contributed by atoms with Gasteiger partial charge in [-0.3, -0.25) is 9.59 Å². The summed E-state index contributed by atoms with van der Waals surface area (Å²) in [4.78, 5) is 26.9. The smallest absolute Gasteiger partial charge is 0.416 e. The summed E-state index contributed by atoms with van der Waals surface area (Å²) in [6.45, 7) is 1.84. The molecule has 0 heterocycles. The molecule has 2 N–H and O–H groups in total. The van der Waals surface area contributed by atoms with Gasteiger partial charge in [-0.25, -0.2) is 0 Å². The van der Waals surface area contributed by atoms with Gasteiger partial charge >= 0.3 is 6.18 Å². The second kappa shape index (κ2) is 9.13. The lowest BCUT2D eigenvalue weighted by Gasteiger charge is -2.35. The van der Waals surface area contributed by atoms with Gasteiger partial charge in [-0.1, -0.05) is 30.7 Å². The fourth-order valence-electron chi connectivity index (χ4n) is 3.99. The Morgan fingerprint density at radius 3 is 2.18 bits per heavy atom. The van der Waals surface area contributed by atoms with E-state index in [1.807, 2.05) is 6.92 Å². The van der Waals surface area contributed by atoms with Gasteiger partial charge in [0.1, 0.15) is 5.75 Å². The number of carbonyl (C=O) groups excluding carboxylic acids is 2. The Labute approximate surface area is 201 Å². The van der Waals surface area contributed by atoms with Crippen LogP contribution in [0.3, 0.4) is 0 Å². The van der Waals surface area contributed by atoms with Crippen molar-refractivity contribution in [3.63, 3.8) is 0 Å². The van der Waals surface area contributed by atoms with E-state index in [4.69, 9.17) is 16.3 Å². The first-order valence-corrected chi connectivity index (χ1v) is 11.7. The van der Waals surface area contributed by atoms with Crippen LogP contribution in [-0.4, -0.2) is 23.6 Å². The molecule has 5 nitrogen and oxygen atoms in total. The van der Waals surface area contributed by atoms with Crippen molar-refractivity contribution >= 4 is 23.4 Å². The third kappa shape index (κ3) is 5.17. The molecule has 1 atom stereocenters. The Hall–Kier alpha value is -2.74. The van der Waals surface area contributed by atoms with Crippen molar-refractivity contribution in [2.45, 2.75) is 68.8 Å². The molecule has 2 amide bonds. The van der Waals surface area contributed by atoms with E-state index in [2.05, 4.69) is 10.6 Å². The highest BCUT2D eigenvalue weighted by Crippen LogP contribution is 2.49. The number of ether oxygens (including phenoxy) is 1. The number of hydrogen-bond acceptors (Lipinski definition) is 3. The highest BCUT2D eigenvalue weighted by Gasteiger charge is 2.55. The highest BCUT2D eigenvalue weighted by molar-refractivity contribution is 6.30. The van der Waals surface area contributed by atoms with Crippen LogP contribution < -0.4 is 15.4 Å². The first-order valence-electron chi connectivity index (χ1n) is 11.3. The zero-order valence-electron chi connectivity index (χ0n) is 18.7. The Morgan fingerprint density at radius 2 is 1.68 bits per heavy atom. The van der Waals surface area contributed by atoms with Crippen molar-refractivity contribution in [1.29, 1.82) is 0 Å². The van der Waals surface area contributed by atoms with Gasteiger partial charge in [-0.15, -0.1) is 0 Å². The number of carbonyl (C=O) groups is 2. The molecule has 182 valence electrons. The van der Waals surface area contributed by atoms with Gasteiger partial charge in [0, 0.05) is 17.5 Å². The van der Waals surface area contributed by atoms with E-state index in [0.29, 0.717) is 24.3 Å². The lowest BCUT2D eigenvalue weighted by atomic mass is 9.93. The maximum atomic E-state index is 13.5. The van der Waals surface area contributed by atoms with Crippen LogP contribution in [0.25, 0.3) is 0 Å². The Bertz CT molecular complexity index is 1050. The Balaban J connectivity index is 1.63. The molecule has 0 aromatic heterocycles. The summed E-state index contributed by atoms with van der Waals surface area (Å²) in [6.07, 6.45) is -0.982. The molecule has 0 spiro atoms. The minimum Gasteiger partial charge on any atom is -0.459 e. The van der Waals surface area contributed by atoms with Crippen molar-refractivity contribution in [1.82, 2.24) is 10.6 Å². The summed E-state index contributed by atoms with van der Waals surface area (Å²) in [5, 5.41) is 6.28. The normalized spacial score (nSPS) is 18.5. The molecule has 2 saturated carbocycles. The van der Waals surface area contributed by atoms with Crippen LogP contribution in [0.5, 0.6) is 5.75 Å². The van der Waals surface area contributed by atoms with Crippen LogP contribution in [-0.2, 0) is 21.2 Å². The van der Waals surface area contributed by atoms with Gasteiger partial charge in [0.15, 0.2) is 0 Å². The molecule has 1 unspecified atom stereocenters. The molecule has 0 saturated heterocycles. The fraction of sp³-hybridized carbons (Fsp3) is 0.440. The third-order valence-electron chi connectivity index (χ3n) is 6.25. The largest absolute Gasteiger partial charge is 0.459 e. The summed E-state index contributed by atoms with van der Waals surface area (Å²) in [7, 11) is 0. The maximum Gasteiger partial charge on any atom is 0.416 e. The molecule has 2 fully saturated rings. The van der Waals surface area contributed by atoms with Crippen molar-refractivity contribution in [2.75, 3.05) is 0 Å². The number of benzene rings is 2. The molecule has 2 aromatic rings. The number of alkyl halides is 3. The minimum absolute atomic E-state index is 0.00277. The molecule has 2 aliphatic rings. The summed E-state index contributed by atoms with van der Waals surface area (Å²) in [5.41, 5.74) is -2.59. The van der Waals surface area contributed by atoms with E-state index in [0.717, 1.165) is 42.7 Å². The second-order valence-electron chi connectivity index (χ2n) is 8.99. The van der Waals surface area contributed by atoms with Crippen molar-refractivity contribution in [3.05, 3.63) is 64.7 Å². The molecule has 2 aliphatic carbocycles. The zero-order valence-corrected chi connectivity index (χ0v) is 19.4. The van der Waals surface area contributed by atoms with Gasteiger partial charge in [0.25, 0.3) is 11.6 Å². The van der Waals surface area contributed by atoms with Crippen molar-refractivity contribution in [2.24, 2.45) is 0 Å². The van der Waals surface area contributed by atoms with E-state index >= 15 is 0 Å². The summed E-state index contributed by atoms with van der Waals surface area (Å²) in [5.74, 6) is -0.804. The maximum absolute atomic E-state index is 13.5. The number of amides is 2. The van der Waals surface area contributed by atoms with Crippen molar-refractivity contribution in [3.8, 4) is 5.75 Å². The summed E-state index contributed by atoms with van der Waals surface area (Å²) in [6, 6.07) is 11.1. The second-order valence-corrected chi connectivity index (χ2v) is 9.43. The number of nitrogens with one attached hydrogen (secondary N) is 2. The van der Waals surface area contributed by atoms with E-state index in [-0.39, 0.29) is 24.1 Å². The predicted octanol–water partition coefficient (Wildman–Crippen LogP) is 5.36. The van der Waals surface area contributed by atoms with E-state index in [1.54, 1.807) is 24.3 Å². The average molecular weight is 495 g/mol. The van der Waals surface area contributed by atoms with Gasteiger partial charge in [0.2, 0.25) is 5.91 Å². The topological polar surface area (TPSA) is 67.4 Å². The van der Waals surface area contributed by atoms with Crippen LogP contribution in [0, 0.1) is 0 Å². The minimum atomic E-state index is -4.49. The molecular weight excluding hydrogens is 469 g/mol. The van der Waals surface area contributed by atoms with Gasteiger partial charge in [-0.2, -0.15) is 13.2 Å². The van der Waals surface area contributed by atoms with E-state index in [1.165, 1.54) is 0 Å². The molecule has 0 aliphatic heterocycles. The average Bonchev–Trinajstić information content (AvgIpc) is 3.69. The molecule has 2 aromatic carbocycles. The summed E-state index contributed by atoms with van der Waals surface area (Å²) >= 11 is 5.99. The molecule has 4 rings (SSSR count). The molecule has 34 heavy (non-hydrogen) atoms. The van der Waals surface area contributed by atoms with Crippen LogP contribution in [0.2, 0.25) is 5.02 Å². The number of hydrogen-bond donors (Lipinski definition) is 2.